The summed E-state index contributed by atoms with van der Waals surface area (Å²) in [4.78, 5) is 27.9. The second-order valence-corrected chi connectivity index (χ2v) is 10.0. The standard InChI is InChI=1S/C20H30N2O6S/c1-6-22(16-9-7-14(8-10-16)19(24)28-20(2,3)4)29(25,26)17-11-15(12-21-13-17)18(23)27-5/h11-14,16H,6-10H2,1-5H3/t14-,16-. The van der Waals surface area contributed by atoms with Gasteiger partial charge < -0.3 is 9.47 Å². The first kappa shape index (κ1) is 23.3. The molecule has 2 rings (SSSR count). The average molecular weight is 427 g/mol. The highest BCUT2D eigenvalue weighted by molar-refractivity contribution is 7.89. The van der Waals surface area contributed by atoms with Crippen LogP contribution in [0.2, 0.25) is 0 Å². The summed E-state index contributed by atoms with van der Waals surface area (Å²) in [5.41, 5.74) is -0.456. The van der Waals surface area contributed by atoms with E-state index >= 15 is 0 Å². The zero-order valence-electron chi connectivity index (χ0n) is 17.7. The lowest BCUT2D eigenvalue weighted by Crippen LogP contribution is -2.43. The average Bonchev–Trinajstić information content (AvgIpc) is 2.67. The second-order valence-electron chi connectivity index (χ2n) is 8.15. The lowest BCUT2D eigenvalue weighted by Gasteiger charge is -2.35. The summed E-state index contributed by atoms with van der Waals surface area (Å²) >= 11 is 0. The normalized spacial score (nSPS) is 20.3. The fourth-order valence-corrected chi connectivity index (χ4v) is 5.22. The Hall–Kier alpha value is -2.00. The van der Waals surface area contributed by atoms with Crippen molar-refractivity contribution in [2.75, 3.05) is 13.7 Å². The van der Waals surface area contributed by atoms with Crippen LogP contribution in [0.4, 0.5) is 0 Å². The van der Waals surface area contributed by atoms with Crippen molar-refractivity contribution in [1.82, 2.24) is 9.29 Å². The van der Waals surface area contributed by atoms with E-state index in [9.17, 15) is 18.0 Å². The summed E-state index contributed by atoms with van der Waals surface area (Å²) in [6.07, 6.45) is 4.80. The van der Waals surface area contributed by atoms with E-state index in [4.69, 9.17) is 4.74 Å². The van der Waals surface area contributed by atoms with Gasteiger partial charge in [0.25, 0.3) is 0 Å². The third kappa shape index (κ3) is 5.76. The van der Waals surface area contributed by atoms with Crippen molar-refractivity contribution in [1.29, 1.82) is 0 Å². The van der Waals surface area contributed by atoms with Gasteiger partial charge in [0, 0.05) is 25.0 Å². The van der Waals surface area contributed by atoms with E-state index in [0.717, 1.165) is 0 Å². The Labute approximate surface area is 172 Å². The maximum Gasteiger partial charge on any atom is 0.339 e. The molecule has 0 amide bonds. The maximum absolute atomic E-state index is 13.2. The second kappa shape index (κ2) is 9.21. The van der Waals surface area contributed by atoms with Gasteiger partial charge in [-0.3, -0.25) is 9.78 Å². The minimum Gasteiger partial charge on any atom is -0.465 e. The van der Waals surface area contributed by atoms with Gasteiger partial charge in [-0.25, -0.2) is 13.2 Å². The number of aromatic nitrogens is 1. The Morgan fingerprint density at radius 1 is 1.17 bits per heavy atom. The molecule has 29 heavy (non-hydrogen) atoms. The number of esters is 2. The highest BCUT2D eigenvalue weighted by Gasteiger charge is 2.36. The van der Waals surface area contributed by atoms with E-state index in [1.165, 1.54) is 29.9 Å². The number of pyridine rings is 1. The zero-order valence-corrected chi connectivity index (χ0v) is 18.5. The lowest BCUT2D eigenvalue weighted by atomic mass is 9.86. The minimum atomic E-state index is -3.83. The van der Waals surface area contributed by atoms with Gasteiger partial charge in [-0.1, -0.05) is 6.92 Å². The number of sulfonamides is 1. The summed E-state index contributed by atoms with van der Waals surface area (Å²) < 4.78 is 37.9. The molecule has 1 heterocycles. The predicted molar refractivity (Wildman–Crippen MR) is 107 cm³/mol. The van der Waals surface area contributed by atoms with Crippen molar-refractivity contribution in [3.8, 4) is 0 Å². The van der Waals surface area contributed by atoms with E-state index < -0.39 is 21.6 Å². The van der Waals surface area contributed by atoms with Gasteiger partial charge in [-0.2, -0.15) is 4.31 Å². The minimum absolute atomic E-state index is 0.0449. The Morgan fingerprint density at radius 3 is 2.31 bits per heavy atom. The molecule has 0 bridgehead atoms. The molecule has 1 fully saturated rings. The van der Waals surface area contributed by atoms with Crippen LogP contribution >= 0.6 is 0 Å². The van der Waals surface area contributed by atoms with Gasteiger partial charge in [0.2, 0.25) is 10.0 Å². The van der Waals surface area contributed by atoms with Crippen molar-refractivity contribution < 1.29 is 27.5 Å². The fourth-order valence-electron chi connectivity index (χ4n) is 3.53. The number of ether oxygens (including phenoxy) is 2. The predicted octanol–water partition coefficient (Wildman–Crippen LogP) is 2.78. The molecule has 0 atom stereocenters. The molecule has 8 nitrogen and oxygen atoms in total. The molecule has 0 unspecified atom stereocenters. The van der Waals surface area contributed by atoms with Crippen molar-refractivity contribution in [2.45, 2.75) is 69.9 Å². The molecule has 1 saturated carbocycles. The van der Waals surface area contributed by atoms with Gasteiger partial charge in [-0.15, -0.1) is 0 Å². The van der Waals surface area contributed by atoms with Gasteiger partial charge in [0.05, 0.1) is 18.6 Å². The number of carbonyl (C=O) groups excluding carboxylic acids is 2. The molecule has 1 aromatic heterocycles. The Balaban J connectivity index is 2.14. The lowest BCUT2D eigenvalue weighted by molar-refractivity contribution is -0.161. The Kier molecular flexibility index (Phi) is 7.40. The van der Waals surface area contributed by atoms with Crippen LogP contribution in [0.15, 0.2) is 23.4 Å². The van der Waals surface area contributed by atoms with E-state index in [2.05, 4.69) is 9.72 Å². The molecule has 0 N–H and O–H groups in total. The number of rotatable bonds is 6. The van der Waals surface area contributed by atoms with E-state index in [1.807, 2.05) is 20.8 Å². The van der Waals surface area contributed by atoms with E-state index in [1.54, 1.807) is 6.92 Å². The first-order valence-electron chi connectivity index (χ1n) is 9.77. The number of methoxy groups -OCH3 is 1. The first-order chi connectivity index (χ1) is 13.5. The zero-order chi connectivity index (χ0) is 21.8. The van der Waals surface area contributed by atoms with Crippen molar-refractivity contribution >= 4 is 22.0 Å². The molecule has 1 aliphatic carbocycles. The molecule has 0 saturated heterocycles. The molecule has 9 heteroatoms. The maximum atomic E-state index is 13.2. The molecular formula is C20H30N2O6S. The first-order valence-corrected chi connectivity index (χ1v) is 11.2. The summed E-state index contributed by atoms with van der Waals surface area (Å²) in [6.45, 7) is 7.55. The van der Waals surface area contributed by atoms with Crippen LogP contribution in [0, 0.1) is 5.92 Å². The van der Waals surface area contributed by atoms with E-state index in [-0.39, 0.29) is 34.9 Å². The third-order valence-electron chi connectivity index (χ3n) is 4.90. The summed E-state index contributed by atoms with van der Waals surface area (Å²) in [5, 5.41) is 0. The summed E-state index contributed by atoms with van der Waals surface area (Å²) in [6, 6.07) is 1.06. The Morgan fingerprint density at radius 2 is 1.79 bits per heavy atom. The van der Waals surface area contributed by atoms with Crippen molar-refractivity contribution in [3.63, 3.8) is 0 Å². The van der Waals surface area contributed by atoms with Crippen LogP contribution in [0.5, 0.6) is 0 Å². The van der Waals surface area contributed by atoms with Crippen LogP contribution in [0.25, 0.3) is 0 Å². The van der Waals surface area contributed by atoms with Gasteiger partial charge in [-0.05, 0) is 52.5 Å². The highest BCUT2D eigenvalue weighted by Crippen LogP contribution is 2.32. The smallest absolute Gasteiger partial charge is 0.339 e. The number of hydrogen-bond donors (Lipinski definition) is 0. The molecule has 0 aliphatic heterocycles. The quantitative estimate of drug-likeness (QED) is 0.644. The SMILES string of the molecule is CCN([C@H]1CC[C@H](C(=O)OC(C)(C)C)CC1)S(=O)(=O)c1cncc(C(=O)OC)c1. The fraction of sp³-hybridized carbons (Fsp3) is 0.650. The molecule has 0 aromatic carbocycles. The molecule has 1 aromatic rings. The molecule has 0 spiro atoms. The topological polar surface area (TPSA) is 103 Å². The van der Waals surface area contributed by atoms with E-state index in [0.29, 0.717) is 25.7 Å². The van der Waals surface area contributed by atoms with Crippen LogP contribution in [0.3, 0.4) is 0 Å². The van der Waals surface area contributed by atoms with Gasteiger partial charge in [0.15, 0.2) is 0 Å². The van der Waals surface area contributed by atoms with Crippen LogP contribution < -0.4 is 0 Å². The molecular weight excluding hydrogens is 396 g/mol. The third-order valence-corrected chi connectivity index (χ3v) is 6.89. The number of hydrogen-bond acceptors (Lipinski definition) is 7. The monoisotopic (exact) mass is 426 g/mol. The molecule has 0 radical (unpaired) electrons. The van der Waals surface area contributed by atoms with Crippen LogP contribution in [-0.4, -0.2) is 54.9 Å². The number of carbonyl (C=O) groups is 2. The summed E-state index contributed by atoms with van der Waals surface area (Å²) in [5.74, 6) is -1.08. The Bertz CT molecular complexity index is 839. The highest BCUT2D eigenvalue weighted by atomic mass is 32.2. The largest absolute Gasteiger partial charge is 0.465 e. The van der Waals surface area contributed by atoms with Crippen LogP contribution in [-0.2, 0) is 24.3 Å². The van der Waals surface area contributed by atoms with Gasteiger partial charge >= 0.3 is 11.9 Å². The molecule has 1 aliphatic rings. The van der Waals surface area contributed by atoms with Crippen molar-refractivity contribution in [3.05, 3.63) is 24.0 Å². The van der Waals surface area contributed by atoms with Crippen molar-refractivity contribution in [2.24, 2.45) is 5.92 Å². The summed E-state index contributed by atoms with van der Waals surface area (Å²) in [7, 11) is -2.61. The van der Waals surface area contributed by atoms with Gasteiger partial charge in [0.1, 0.15) is 10.5 Å². The molecule has 162 valence electrons. The number of nitrogens with zero attached hydrogens (tertiary/aromatic N) is 2. The van der Waals surface area contributed by atoms with Crippen LogP contribution in [0.1, 0.15) is 63.7 Å².